The molecule has 4 rings (SSSR count). The molecule has 0 fully saturated rings. The molecular weight excluding hydrogens is 402 g/mol. The Kier molecular flexibility index (Phi) is 5.13. The second kappa shape index (κ2) is 7.75. The van der Waals surface area contributed by atoms with Gasteiger partial charge in [-0.1, -0.05) is 0 Å². The molecule has 0 aliphatic carbocycles. The van der Waals surface area contributed by atoms with Crippen LogP contribution in [0.2, 0.25) is 0 Å². The minimum absolute atomic E-state index is 0.154. The van der Waals surface area contributed by atoms with E-state index in [1.807, 2.05) is 32.0 Å². The summed E-state index contributed by atoms with van der Waals surface area (Å²) in [6, 6.07) is 9.26. The standard InChI is InChI=1S/C21H19N5O3S/c1-11-9-12(2)24-21(23-11)30-15-7-5-14(6-8-15)25-18(27)16-13(3)29-19-17(16)20(28)26(4)10-22-19/h5-10H,1-4H3,(H,25,27). The topological polar surface area (TPSA) is 103 Å². The van der Waals surface area contributed by atoms with Gasteiger partial charge in [-0.2, -0.15) is 0 Å². The first-order valence-electron chi connectivity index (χ1n) is 9.18. The van der Waals surface area contributed by atoms with Crippen LogP contribution in [-0.4, -0.2) is 25.4 Å². The maximum Gasteiger partial charge on any atom is 0.265 e. The first-order chi connectivity index (χ1) is 14.3. The van der Waals surface area contributed by atoms with E-state index in [0.717, 1.165) is 16.3 Å². The first-order valence-corrected chi connectivity index (χ1v) is 10.00. The van der Waals surface area contributed by atoms with Crippen LogP contribution in [0.4, 0.5) is 5.69 Å². The van der Waals surface area contributed by atoms with Gasteiger partial charge in [-0.05, 0) is 62.9 Å². The van der Waals surface area contributed by atoms with Crippen molar-refractivity contribution < 1.29 is 9.21 Å². The molecule has 0 aliphatic rings. The van der Waals surface area contributed by atoms with Gasteiger partial charge in [0.25, 0.3) is 11.5 Å². The van der Waals surface area contributed by atoms with E-state index in [9.17, 15) is 9.59 Å². The predicted molar refractivity (Wildman–Crippen MR) is 114 cm³/mol. The SMILES string of the molecule is Cc1cc(C)nc(Sc2ccc(NC(=O)c3c(C)oc4ncn(C)c(=O)c34)cc2)n1. The number of hydrogen-bond donors (Lipinski definition) is 1. The minimum atomic E-state index is -0.422. The van der Waals surface area contributed by atoms with E-state index in [2.05, 4.69) is 20.3 Å². The van der Waals surface area contributed by atoms with Gasteiger partial charge in [-0.25, -0.2) is 15.0 Å². The highest BCUT2D eigenvalue weighted by atomic mass is 32.2. The minimum Gasteiger partial charge on any atom is -0.442 e. The summed E-state index contributed by atoms with van der Waals surface area (Å²) in [6.45, 7) is 5.50. The third-order valence-corrected chi connectivity index (χ3v) is 5.33. The zero-order valence-electron chi connectivity index (χ0n) is 16.9. The molecule has 3 heterocycles. The Morgan fingerprint density at radius 2 is 1.77 bits per heavy atom. The first kappa shape index (κ1) is 19.8. The highest BCUT2D eigenvalue weighted by Gasteiger charge is 2.22. The Hall–Kier alpha value is -3.46. The average Bonchev–Trinajstić information content (AvgIpc) is 3.02. The van der Waals surface area contributed by atoms with Crippen LogP contribution in [0, 0.1) is 20.8 Å². The Morgan fingerprint density at radius 1 is 1.10 bits per heavy atom. The van der Waals surface area contributed by atoms with Crippen LogP contribution in [0.15, 0.2) is 55.9 Å². The zero-order valence-corrected chi connectivity index (χ0v) is 17.7. The van der Waals surface area contributed by atoms with Crippen LogP contribution in [-0.2, 0) is 7.05 Å². The Bertz CT molecular complexity index is 1300. The molecule has 0 spiro atoms. The van der Waals surface area contributed by atoms with Crippen LogP contribution in [0.25, 0.3) is 11.1 Å². The quantitative estimate of drug-likeness (QED) is 0.502. The van der Waals surface area contributed by atoms with Gasteiger partial charge in [0.1, 0.15) is 17.5 Å². The molecule has 0 saturated heterocycles. The fourth-order valence-electron chi connectivity index (χ4n) is 3.11. The van der Waals surface area contributed by atoms with Crippen LogP contribution >= 0.6 is 11.8 Å². The molecule has 152 valence electrons. The van der Waals surface area contributed by atoms with Gasteiger partial charge >= 0.3 is 0 Å². The molecule has 0 saturated carbocycles. The van der Waals surface area contributed by atoms with Gasteiger partial charge in [0, 0.05) is 29.0 Å². The lowest BCUT2D eigenvalue weighted by Crippen LogP contribution is -2.20. The Balaban J connectivity index is 1.56. The Labute approximate surface area is 176 Å². The molecule has 9 heteroatoms. The number of nitrogens with zero attached hydrogens (tertiary/aromatic N) is 4. The molecule has 0 bridgehead atoms. The summed E-state index contributed by atoms with van der Waals surface area (Å²) in [7, 11) is 1.58. The number of carbonyl (C=O) groups excluding carboxylic acids is 1. The molecule has 0 aliphatic heterocycles. The van der Waals surface area contributed by atoms with Crippen molar-refractivity contribution in [3.8, 4) is 0 Å². The van der Waals surface area contributed by atoms with E-state index in [1.165, 1.54) is 22.7 Å². The number of amides is 1. The lowest BCUT2D eigenvalue weighted by atomic mass is 10.1. The van der Waals surface area contributed by atoms with Crippen molar-refractivity contribution in [2.75, 3.05) is 5.32 Å². The summed E-state index contributed by atoms with van der Waals surface area (Å²) in [5, 5.41) is 3.67. The van der Waals surface area contributed by atoms with E-state index < -0.39 is 5.91 Å². The maximum atomic E-state index is 12.9. The number of rotatable bonds is 4. The van der Waals surface area contributed by atoms with Crippen molar-refractivity contribution in [2.45, 2.75) is 30.8 Å². The molecule has 4 aromatic rings. The van der Waals surface area contributed by atoms with Crippen molar-refractivity contribution in [1.29, 1.82) is 0 Å². The van der Waals surface area contributed by atoms with E-state index >= 15 is 0 Å². The van der Waals surface area contributed by atoms with E-state index in [4.69, 9.17) is 4.42 Å². The van der Waals surface area contributed by atoms with E-state index in [0.29, 0.717) is 16.6 Å². The van der Waals surface area contributed by atoms with Crippen LogP contribution in [0.1, 0.15) is 27.5 Å². The molecule has 1 N–H and O–H groups in total. The van der Waals surface area contributed by atoms with E-state index in [1.54, 1.807) is 26.1 Å². The van der Waals surface area contributed by atoms with Gasteiger partial charge in [0.05, 0.1) is 5.56 Å². The highest BCUT2D eigenvalue weighted by molar-refractivity contribution is 7.99. The number of aromatic nitrogens is 4. The highest BCUT2D eigenvalue weighted by Crippen LogP contribution is 2.27. The molecule has 0 unspecified atom stereocenters. The summed E-state index contributed by atoms with van der Waals surface area (Å²) in [5.41, 5.74) is 2.44. The number of hydrogen-bond acceptors (Lipinski definition) is 7. The van der Waals surface area contributed by atoms with Crippen molar-refractivity contribution in [1.82, 2.24) is 19.5 Å². The lowest BCUT2D eigenvalue weighted by molar-refractivity contribution is 0.102. The number of fused-ring (bicyclic) bond motifs is 1. The zero-order chi connectivity index (χ0) is 21.4. The van der Waals surface area contributed by atoms with Crippen molar-refractivity contribution in [3.05, 3.63) is 69.7 Å². The monoisotopic (exact) mass is 421 g/mol. The van der Waals surface area contributed by atoms with Crippen LogP contribution < -0.4 is 10.9 Å². The summed E-state index contributed by atoms with van der Waals surface area (Å²) in [4.78, 5) is 39.2. The third kappa shape index (κ3) is 3.84. The number of benzene rings is 1. The van der Waals surface area contributed by atoms with Crippen molar-refractivity contribution in [3.63, 3.8) is 0 Å². The predicted octanol–water partition coefficient (Wildman–Crippen LogP) is 3.65. The average molecular weight is 421 g/mol. The van der Waals surface area contributed by atoms with Gasteiger partial charge in [0.2, 0.25) is 5.71 Å². The molecule has 0 atom stereocenters. The number of aryl methyl sites for hydroxylation is 4. The molecule has 30 heavy (non-hydrogen) atoms. The van der Waals surface area contributed by atoms with Gasteiger partial charge in [0.15, 0.2) is 5.16 Å². The second-order valence-electron chi connectivity index (χ2n) is 6.89. The van der Waals surface area contributed by atoms with Crippen LogP contribution in [0.3, 0.4) is 0 Å². The molecular formula is C21H19N5O3S. The number of carbonyl (C=O) groups is 1. The number of nitrogens with one attached hydrogen (secondary N) is 1. The fraction of sp³-hybridized carbons (Fsp3) is 0.190. The Morgan fingerprint density at radius 3 is 2.43 bits per heavy atom. The summed E-state index contributed by atoms with van der Waals surface area (Å²) >= 11 is 1.45. The fourth-order valence-corrected chi connectivity index (χ4v) is 3.97. The molecule has 0 radical (unpaired) electrons. The molecule has 8 nitrogen and oxygen atoms in total. The molecule has 3 aromatic heterocycles. The van der Waals surface area contributed by atoms with Gasteiger partial charge < -0.3 is 14.3 Å². The van der Waals surface area contributed by atoms with Gasteiger partial charge in [-0.3, -0.25) is 9.59 Å². The van der Waals surface area contributed by atoms with Crippen molar-refractivity contribution >= 4 is 34.5 Å². The normalized spacial score (nSPS) is 11.1. The van der Waals surface area contributed by atoms with E-state index in [-0.39, 0.29) is 22.2 Å². The van der Waals surface area contributed by atoms with Crippen LogP contribution in [0.5, 0.6) is 0 Å². The summed E-state index contributed by atoms with van der Waals surface area (Å²) in [6.07, 6.45) is 1.37. The second-order valence-corrected chi connectivity index (χ2v) is 7.93. The largest absolute Gasteiger partial charge is 0.442 e. The third-order valence-electron chi connectivity index (χ3n) is 4.46. The maximum absolute atomic E-state index is 12.9. The van der Waals surface area contributed by atoms with Gasteiger partial charge in [-0.15, -0.1) is 0 Å². The smallest absolute Gasteiger partial charge is 0.265 e. The van der Waals surface area contributed by atoms with Crippen molar-refractivity contribution in [2.24, 2.45) is 7.05 Å². The lowest BCUT2D eigenvalue weighted by Gasteiger charge is -2.07. The molecule has 1 aromatic carbocycles. The number of furan rings is 1. The molecule has 1 amide bonds. The summed E-state index contributed by atoms with van der Waals surface area (Å²) < 4.78 is 6.81. The summed E-state index contributed by atoms with van der Waals surface area (Å²) in [5.74, 6) is -0.0770. The number of anilines is 1.